The van der Waals surface area contributed by atoms with E-state index in [2.05, 4.69) is 37.3 Å². The van der Waals surface area contributed by atoms with Gasteiger partial charge in [0.2, 0.25) is 0 Å². The number of carbonyl (C=O) groups is 1. The van der Waals surface area contributed by atoms with Crippen LogP contribution in [0.4, 0.5) is 0 Å². The SMILES string of the molecule is CCc1ccc(CC2(C(=O)O)CCc3ccccc32)cc1. The van der Waals surface area contributed by atoms with Crippen LogP contribution in [0.2, 0.25) is 0 Å². The molecule has 2 nitrogen and oxygen atoms in total. The van der Waals surface area contributed by atoms with Crippen LogP contribution in [0.25, 0.3) is 0 Å². The number of rotatable bonds is 4. The summed E-state index contributed by atoms with van der Waals surface area (Å²) in [6.45, 7) is 2.13. The summed E-state index contributed by atoms with van der Waals surface area (Å²) in [5, 5.41) is 9.87. The van der Waals surface area contributed by atoms with Gasteiger partial charge in [-0.2, -0.15) is 0 Å². The first-order valence-electron chi connectivity index (χ1n) is 7.55. The maximum atomic E-state index is 12.0. The summed E-state index contributed by atoms with van der Waals surface area (Å²) in [7, 11) is 0. The van der Waals surface area contributed by atoms with E-state index in [4.69, 9.17) is 0 Å². The maximum absolute atomic E-state index is 12.0. The van der Waals surface area contributed by atoms with E-state index in [0.717, 1.165) is 24.0 Å². The van der Waals surface area contributed by atoms with Crippen LogP contribution in [-0.4, -0.2) is 11.1 Å². The van der Waals surface area contributed by atoms with E-state index in [-0.39, 0.29) is 0 Å². The lowest BCUT2D eigenvalue weighted by Crippen LogP contribution is -2.35. The summed E-state index contributed by atoms with van der Waals surface area (Å²) in [5.41, 5.74) is 3.81. The third-order valence-corrected chi connectivity index (χ3v) is 4.70. The van der Waals surface area contributed by atoms with Crippen molar-refractivity contribution >= 4 is 5.97 Å². The Morgan fingerprint density at radius 3 is 2.43 bits per heavy atom. The number of hydrogen-bond acceptors (Lipinski definition) is 1. The zero-order chi connectivity index (χ0) is 14.9. The average molecular weight is 280 g/mol. The molecule has 0 aromatic heterocycles. The normalized spacial score (nSPS) is 20.2. The molecule has 0 saturated heterocycles. The molecule has 0 fully saturated rings. The van der Waals surface area contributed by atoms with Gasteiger partial charge in [-0.25, -0.2) is 0 Å². The topological polar surface area (TPSA) is 37.3 Å². The molecule has 2 aromatic rings. The molecule has 1 aliphatic rings. The van der Waals surface area contributed by atoms with E-state index >= 15 is 0 Å². The summed E-state index contributed by atoms with van der Waals surface area (Å²) >= 11 is 0. The second kappa shape index (κ2) is 5.36. The molecular formula is C19H20O2. The van der Waals surface area contributed by atoms with Gasteiger partial charge < -0.3 is 5.11 Å². The smallest absolute Gasteiger partial charge is 0.314 e. The quantitative estimate of drug-likeness (QED) is 0.926. The number of hydrogen-bond donors (Lipinski definition) is 1. The van der Waals surface area contributed by atoms with E-state index in [1.54, 1.807) is 0 Å². The van der Waals surface area contributed by atoms with Gasteiger partial charge in [0.25, 0.3) is 0 Å². The second-order valence-corrected chi connectivity index (χ2v) is 5.89. The molecule has 0 heterocycles. The molecule has 1 aliphatic carbocycles. The van der Waals surface area contributed by atoms with Gasteiger partial charge in [-0.05, 0) is 47.9 Å². The predicted molar refractivity (Wildman–Crippen MR) is 83.6 cm³/mol. The summed E-state index contributed by atoms with van der Waals surface area (Å²) in [4.78, 5) is 12.0. The first-order valence-corrected chi connectivity index (χ1v) is 7.55. The Morgan fingerprint density at radius 1 is 1.10 bits per heavy atom. The van der Waals surface area contributed by atoms with Gasteiger partial charge in [0, 0.05) is 0 Å². The lowest BCUT2D eigenvalue weighted by atomic mass is 9.76. The molecule has 2 heteroatoms. The zero-order valence-electron chi connectivity index (χ0n) is 12.3. The molecule has 2 aromatic carbocycles. The van der Waals surface area contributed by atoms with Crippen molar-refractivity contribution in [2.45, 2.75) is 38.0 Å². The number of aliphatic carboxylic acids is 1. The van der Waals surface area contributed by atoms with Crippen LogP contribution >= 0.6 is 0 Å². The van der Waals surface area contributed by atoms with Crippen LogP contribution in [0.5, 0.6) is 0 Å². The fourth-order valence-electron chi connectivity index (χ4n) is 3.41. The molecular weight excluding hydrogens is 260 g/mol. The van der Waals surface area contributed by atoms with Crippen LogP contribution < -0.4 is 0 Å². The highest BCUT2D eigenvalue weighted by Crippen LogP contribution is 2.41. The van der Waals surface area contributed by atoms with E-state index < -0.39 is 11.4 Å². The largest absolute Gasteiger partial charge is 0.481 e. The monoisotopic (exact) mass is 280 g/mol. The van der Waals surface area contributed by atoms with E-state index in [1.807, 2.05) is 18.2 Å². The molecule has 0 saturated carbocycles. The number of carboxylic acid groups (broad SMARTS) is 1. The lowest BCUT2D eigenvalue weighted by Gasteiger charge is -2.26. The highest BCUT2D eigenvalue weighted by Gasteiger charge is 2.45. The molecule has 0 aliphatic heterocycles. The van der Waals surface area contributed by atoms with Gasteiger partial charge in [-0.1, -0.05) is 55.5 Å². The third kappa shape index (κ3) is 2.35. The van der Waals surface area contributed by atoms with Crippen LogP contribution in [0.15, 0.2) is 48.5 Å². The number of aryl methyl sites for hydroxylation is 2. The van der Waals surface area contributed by atoms with Crippen molar-refractivity contribution in [2.75, 3.05) is 0 Å². The molecule has 108 valence electrons. The zero-order valence-corrected chi connectivity index (χ0v) is 12.3. The van der Waals surface area contributed by atoms with E-state index in [1.165, 1.54) is 11.1 Å². The first-order chi connectivity index (χ1) is 10.2. The molecule has 1 unspecified atom stereocenters. The lowest BCUT2D eigenvalue weighted by molar-refractivity contribution is -0.143. The van der Waals surface area contributed by atoms with Gasteiger partial charge in [0.15, 0.2) is 0 Å². The van der Waals surface area contributed by atoms with Crippen LogP contribution in [0, 0.1) is 0 Å². The molecule has 1 N–H and O–H groups in total. The minimum atomic E-state index is -0.760. The summed E-state index contributed by atoms with van der Waals surface area (Å²) in [6.07, 6.45) is 3.13. The van der Waals surface area contributed by atoms with Crippen molar-refractivity contribution in [1.29, 1.82) is 0 Å². The first kappa shape index (κ1) is 13.9. The Hall–Kier alpha value is -2.09. The van der Waals surface area contributed by atoms with Crippen molar-refractivity contribution in [1.82, 2.24) is 0 Å². The molecule has 0 amide bonds. The van der Waals surface area contributed by atoms with Gasteiger partial charge >= 0.3 is 5.97 Å². The molecule has 0 radical (unpaired) electrons. The number of fused-ring (bicyclic) bond motifs is 1. The minimum Gasteiger partial charge on any atom is -0.481 e. The Morgan fingerprint density at radius 2 is 1.76 bits per heavy atom. The van der Waals surface area contributed by atoms with Gasteiger partial charge in [-0.15, -0.1) is 0 Å². The fraction of sp³-hybridized carbons (Fsp3) is 0.316. The molecule has 21 heavy (non-hydrogen) atoms. The minimum absolute atomic E-state index is 0.573. The Labute approximate surface area is 125 Å². The average Bonchev–Trinajstić information content (AvgIpc) is 2.88. The summed E-state index contributed by atoms with van der Waals surface area (Å²) < 4.78 is 0. The Kier molecular flexibility index (Phi) is 3.54. The van der Waals surface area contributed by atoms with E-state index in [0.29, 0.717) is 12.8 Å². The highest BCUT2D eigenvalue weighted by atomic mass is 16.4. The Bertz CT molecular complexity index is 658. The van der Waals surface area contributed by atoms with Crippen LogP contribution in [0.3, 0.4) is 0 Å². The van der Waals surface area contributed by atoms with Crippen molar-refractivity contribution in [3.05, 3.63) is 70.8 Å². The molecule has 0 bridgehead atoms. The molecule has 0 spiro atoms. The van der Waals surface area contributed by atoms with Gasteiger partial charge in [0.1, 0.15) is 0 Å². The van der Waals surface area contributed by atoms with Crippen LogP contribution in [0.1, 0.15) is 35.6 Å². The second-order valence-electron chi connectivity index (χ2n) is 5.89. The Balaban J connectivity index is 1.98. The van der Waals surface area contributed by atoms with Gasteiger partial charge in [-0.3, -0.25) is 4.79 Å². The van der Waals surface area contributed by atoms with Crippen molar-refractivity contribution in [3.63, 3.8) is 0 Å². The predicted octanol–water partition coefficient (Wildman–Crippen LogP) is 3.76. The summed E-state index contributed by atoms with van der Waals surface area (Å²) in [6, 6.07) is 16.3. The number of benzene rings is 2. The van der Waals surface area contributed by atoms with Crippen molar-refractivity contribution < 1.29 is 9.90 Å². The van der Waals surface area contributed by atoms with Crippen molar-refractivity contribution in [3.8, 4) is 0 Å². The van der Waals surface area contributed by atoms with Crippen molar-refractivity contribution in [2.24, 2.45) is 0 Å². The molecule has 1 atom stereocenters. The number of carboxylic acids is 1. The standard InChI is InChI=1S/C19H20O2/c1-2-14-7-9-15(10-8-14)13-19(18(20)21)12-11-16-5-3-4-6-17(16)19/h3-10H,2,11-13H2,1H3,(H,20,21). The summed E-state index contributed by atoms with van der Waals surface area (Å²) in [5.74, 6) is -0.702. The molecule has 3 rings (SSSR count). The van der Waals surface area contributed by atoms with Crippen LogP contribution in [-0.2, 0) is 29.5 Å². The third-order valence-electron chi connectivity index (χ3n) is 4.70. The fourth-order valence-corrected chi connectivity index (χ4v) is 3.41. The van der Waals surface area contributed by atoms with Gasteiger partial charge in [0.05, 0.1) is 5.41 Å². The maximum Gasteiger partial charge on any atom is 0.314 e. The van der Waals surface area contributed by atoms with E-state index in [9.17, 15) is 9.90 Å². The highest BCUT2D eigenvalue weighted by molar-refractivity contribution is 5.83.